The van der Waals surface area contributed by atoms with Crippen LogP contribution in [-0.4, -0.2) is 22.7 Å². The molecular formula is C14H24ClN3O. The summed E-state index contributed by atoms with van der Waals surface area (Å²) < 4.78 is 5.39. The van der Waals surface area contributed by atoms with Crippen LogP contribution in [0.1, 0.15) is 69.0 Å². The summed E-state index contributed by atoms with van der Waals surface area (Å²) in [7, 11) is 0. The molecule has 1 aromatic heterocycles. The molecule has 1 saturated carbocycles. The Hall–Kier alpha value is -0.610. The van der Waals surface area contributed by atoms with Gasteiger partial charge in [0.25, 0.3) is 0 Å². The maximum absolute atomic E-state index is 5.39. The molecule has 1 atom stereocenters. The molecule has 2 aliphatic rings. The fraction of sp³-hybridized carbons (Fsp3) is 0.857. The molecule has 1 aliphatic carbocycles. The first-order chi connectivity index (χ1) is 8.92. The van der Waals surface area contributed by atoms with Crippen LogP contribution in [0.3, 0.4) is 0 Å². The third-order valence-corrected chi connectivity index (χ3v) is 4.32. The zero-order valence-corrected chi connectivity index (χ0v) is 12.3. The Kier molecular flexibility index (Phi) is 5.64. The van der Waals surface area contributed by atoms with Crippen molar-refractivity contribution in [1.29, 1.82) is 0 Å². The first-order valence-corrected chi connectivity index (χ1v) is 7.47. The maximum atomic E-state index is 5.39. The molecule has 0 aromatic carbocycles. The number of hydrogen-bond acceptors (Lipinski definition) is 4. The quantitative estimate of drug-likeness (QED) is 0.923. The summed E-state index contributed by atoms with van der Waals surface area (Å²) in [5.74, 6) is 2.36. The van der Waals surface area contributed by atoms with Crippen LogP contribution in [0.25, 0.3) is 0 Å². The molecule has 4 nitrogen and oxygen atoms in total. The van der Waals surface area contributed by atoms with Crippen LogP contribution >= 0.6 is 12.4 Å². The number of hydrogen-bond donors (Lipinski definition) is 1. The fourth-order valence-corrected chi connectivity index (χ4v) is 3.20. The van der Waals surface area contributed by atoms with Gasteiger partial charge in [0.1, 0.15) is 0 Å². The van der Waals surface area contributed by atoms with E-state index in [2.05, 4.69) is 15.5 Å². The minimum absolute atomic E-state index is 0. The molecule has 1 aliphatic heterocycles. The van der Waals surface area contributed by atoms with Crippen molar-refractivity contribution in [3.63, 3.8) is 0 Å². The topological polar surface area (TPSA) is 51.0 Å². The minimum Gasteiger partial charge on any atom is -0.339 e. The van der Waals surface area contributed by atoms with Gasteiger partial charge in [-0.15, -0.1) is 12.4 Å². The van der Waals surface area contributed by atoms with E-state index in [9.17, 15) is 0 Å². The summed E-state index contributed by atoms with van der Waals surface area (Å²) in [6, 6.07) is 0.662. The van der Waals surface area contributed by atoms with Gasteiger partial charge in [-0.05, 0) is 38.6 Å². The lowest BCUT2D eigenvalue weighted by Crippen LogP contribution is -2.21. The Morgan fingerprint density at radius 3 is 2.68 bits per heavy atom. The van der Waals surface area contributed by atoms with E-state index < -0.39 is 0 Å². The lowest BCUT2D eigenvalue weighted by molar-refractivity contribution is 0.351. The van der Waals surface area contributed by atoms with E-state index >= 15 is 0 Å². The van der Waals surface area contributed by atoms with Crippen molar-refractivity contribution in [3.8, 4) is 0 Å². The molecule has 1 N–H and O–H groups in total. The van der Waals surface area contributed by atoms with Crippen molar-refractivity contribution in [2.24, 2.45) is 0 Å². The molecule has 1 saturated heterocycles. The second-order valence-corrected chi connectivity index (χ2v) is 5.71. The molecule has 1 aromatic rings. The zero-order valence-electron chi connectivity index (χ0n) is 11.4. The Bertz CT molecular complexity index is 371. The maximum Gasteiger partial charge on any atom is 0.226 e. The molecule has 1 unspecified atom stereocenters. The van der Waals surface area contributed by atoms with Crippen molar-refractivity contribution in [2.45, 2.75) is 69.7 Å². The standard InChI is InChI=1S/C14H23N3O.ClH/c1-2-5-11(6-3-1)14-16-13(18-17-14)9-8-12-7-4-10-15-12;/h11-12,15H,1-10H2;1H. The summed E-state index contributed by atoms with van der Waals surface area (Å²) in [5.41, 5.74) is 0. The van der Waals surface area contributed by atoms with Gasteiger partial charge in [0.05, 0.1) is 0 Å². The van der Waals surface area contributed by atoms with Crippen molar-refractivity contribution < 1.29 is 4.52 Å². The van der Waals surface area contributed by atoms with Crippen molar-refractivity contribution in [3.05, 3.63) is 11.7 Å². The van der Waals surface area contributed by atoms with Gasteiger partial charge in [0, 0.05) is 18.4 Å². The lowest BCUT2D eigenvalue weighted by atomic mass is 9.89. The zero-order chi connectivity index (χ0) is 12.2. The SMILES string of the molecule is C1CCC(c2noc(CCC3CCCN3)n2)CC1.Cl. The summed E-state index contributed by atoms with van der Waals surface area (Å²) >= 11 is 0. The number of halogens is 1. The van der Waals surface area contributed by atoms with Gasteiger partial charge in [-0.25, -0.2) is 0 Å². The van der Waals surface area contributed by atoms with Gasteiger partial charge in [-0.3, -0.25) is 0 Å². The predicted octanol–water partition coefficient (Wildman–Crippen LogP) is 3.22. The second-order valence-electron chi connectivity index (χ2n) is 5.71. The predicted molar refractivity (Wildman–Crippen MR) is 76.7 cm³/mol. The van der Waals surface area contributed by atoms with Gasteiger partial charge < -0.3 is 9.84 Å². The molecule has 0 radical (unpaired) electrons. The average Bonchev–Trinajstić information content (AvgIpc) is 3.09. The third kappa shape index (κ3) is 3.93. The molecule has 0 spiro atoms. The van der Waals surface area contributed by atoms with Crippen LogP contribution in [0.2, 0.25) is 0 Å². The largest absolute Gasteiger partial charge is 0.339 e. The number of aryl methyl sites for hydroxylation is 1. The van der Waals surface area contributed by atoms with Gasteiger partial charge in [0.2, 0.25) is 5.89 Å². The van der Waals surface area contributed by atoms with E-state index in [0.29, 0.717) is 12.0 Å². The highest BCUT2D eigenvalue weighted by Gasteiger charge is 2.21. The van der Waals surface area contributed by atoms with Crippen LogP contribution in [0.15, 0.2) is 4.52 Å². The van der Waals surface area contributed by atoms with Gasteiger partial charge in [-0.2, -0.15) is 4.98 Å². The van der Waals surface area contributed by atoms with Crippen LogP contribution in [0, 0.1) is 0 Å². The Balaban J connectivity index is 0.00000133. The van der Waals surface area contributed by atoms with E-state index in [0.717, 1.165) is 24.6 Å². The number of rotatable bonds is 4. The van der Waals surface area contributed by atoms with Gasteiger partial charge in [0.15, 0.2) is 5.82 Å². The van der Waals surface area contributed by atoms with E-state index in [1.165, 1.54) is 51.5 Å². The van der Waals surface area contributed by atoms with Crippen LogP contribution in [0.5, 0.6) is 0 Å². The first-order valence-electron chi connectivity index (χ1n) is 7.47. The number of aromatic nitrogens is 2. The number of nitrogens with one attached hydrogen (secondary N) is 1. The lowest BCUT2D eigenvalue weighted by Gasteiger charge is -2.17. The first kappa shape index (κ1) is 14.8. The van der Waals surface area contributed by atoms with Gasteiger partial charge >= 0.3 is 0 Å². The van der Waals surface area contributed by atoms with E-state index in [1.54, 1.807) is 0 Å². The summed E-state index contributed by atoms with van der Waals surface area (Å²) in [6.45, 7) is 1.17. The van der Waals surface area contributed by atoms with Gasteiger partial charge in [-0.1, -0.05) is 24.4 Å². The van der Waals surface area contributed by atoms with Crippen molar-refractivity contribution >= 4 is 12.4 Å². The molecule has 19 heavy (non-hydrogen) atoms. The summed E-state index contributed by atoms with van der Waals surface area (Å²) in [5, 5.41) is 7.69. The molecule has 2 fully saturated rings. The molecule has 2 heterocycles. The average molecular weight is 286 g/mol. The minimum atomic E-state index is 0. The highest BCUT2D eigenvalue weighted by Crippen LogP contribution is 2.30. The monoisotopic (exact) mass is 285 g/mol. The van der Waals surface area contributed by atoms with Crippen LogP contribution in [-0.2, 0) is 6.42 Å². The fourth-order valence-electron chi connectivity index (χ4n) is 3.20. The molecule has 3 rings (SSSR count). The number of nitrogens with zero attached hydrogens (tertiary/aromatic N) is 2. The summed E-state index contributed by atoms with van der Waals surface area (Å²) in [4.78, 5) is 4.59. The molecule has 108 valence electrons. The highest BCUT2D eigenvalue weighted by molar-refractivity contribution is 5.85. The van der Waals surface area contributed by atoms with Crippen molar-refractivity contribution in [2.75, 3.05) is 6.54 Å². The van der Waals surface area contributed by atoms with E-state index in [4.69, 9.17) is 4.52 Å². The second kappa shape index (κ2) is 7.25. The van der Waals surface area contributed by atoms with Crippen LogP contribution in [0.4, 0.5) is 0 Å². The molecular weight excluding hydrogens is 262 g/mol. The Morgan fingerprint density at radius 1 is 1.11 bits per heavy atom. The third-order valence-electron chi connectivity index (χ3n) is 4.32. The van der Waals surface area contributed by atoms with Crippen molar-refractivity contribution in [1.82, 2.24) is 15.5 Å². The van der Waals surface area contributed by atoms with Crippen LogP contribution < -0.4 is 5.32 Å². The highest BCUT2D eigenvalue weighted by atomic mass is 35.5. The normalized spacial score (nSPS) is 24.3. The Morgan fingerprint density at radius 2 is 1.95 bits per heavy atom. The van der Waals surface area contributed by atoms with E-state index in [-0.39, 0.29) is 12.4 Å². The molecule has 0 bridgehead atoms. The van der Waals surface area contributed by atoms with E-state index in [1.807, 2.05) is 0 Å². The Labute approximate surface area is 121 Å². The smallest absolute Gasteiger partial charge is 0.226 e. The molecule has 0 amide bonds. The molecule has 5 heteroatoms. The summed E-state index contributed by atoms with van der Waals surface area (Å²) in [6.07, 6.45) is 11.1.